The molecule has 2 atom stereocenters. The lowest BCUT2D eigenvalue weighted by Crippen LogP contribution is -2.42. The van der Waals surface area contributed by atoms with E-state index in [0.717, 1.165) is 32.5 Å². The van der Waals surface area contributed by atoms with Crippen molar-refractivity contribution in [2.24, 2.45) is 5.92 Å². The molecule has 1 aliphatic heterocycles. The van der Waals surface area contributed by atoms with Gasteiger partial charge in [0.2, 0.25) is 5.89 Å². The summed E-state index contributed by atoms with van der Waals surface area (Å²) in [6, 6.07) is 10.7. The number of hydrogen-bond donors (Lipinski definition) is 1. The second-order valence-corrected chi connectivity index (χ2v) is 6.62. The van der Waals surface area contributed by atoms with Crippen molar-refractivity contribution < 1.29 is 14.0 Å². The number of methoxy groups -OCH3 is 1. The zero-order valence-electron chi connectivity index (χ0n) is 15.0. The molecule has 136 valence electrons. The summed E-state index contributed by atoms with van der Waals surface area (Å²) in [5.74, 6) is 1.75. The van der Waals surface area contributed by atoms with E-state index in [4.69, 9.17) is 14.0 Å². The van der Waals surface area contributed by atoms with Gasteiger partial charge in [0, 0.05) is 26.4 Å². The Balaban J connectivity index is 1.75. The monoisotopic (exact) mass is 345 g/mol. The van der Waals surface area contributed by atoms with Crippen LogP contribution in [0.2, 0.25) is 0 Å². The Bertz CT molecular complexity index is 626. The van der Waals surface area contributed by atoms with E-state index >= 15 is 0 Å². The minimum Gasteiger partial charge on any atom is -0.383 e. The van der Waals surface area contributed by atoms with Crippen LogP contribution in [0, 0.1) is 12.8 Å². The van der Waals surface area contributed by atoms with Gasteiger partial charge in [0.05, 0.1) is 12.6 Å². The molecular formula is C19H27N3O3. The molecule has 6 nitrogen and oxygen atoms in total. The van der Waals surface area contributed by atoms with Gasteiger partial charge in [0.15, 0.2) is 5.82 Å². The lowest BCUT2D eigenvalue weighted by Gasteiger charge is -2.31. The lowest BCUT2D eigenvalue weighted by atomic mass is 9.90. The number of rotatable bonds is 8. The molecule has 1 N–H and O–H groups in total. The fourth-order valence-electron chi connectivity index (χ4n) is 3.42. The first-order valence-electron chi connectivity index (χ1n) is 8.93. The lowest BCUT2D eigenvalue weighted by molar-refractivity contribution is 0.0435. The van der Waals surface area contributed by atoms with Crippen molar-refractivity contribution in [1.29, 1.82) is 0 Å². The second-order valence-electron chi connectivity index (χ2n) is 6.62. The van der Waals surface area contributed by atoms with Crippen molar-refractivity contribution in [3.8, 4) is 0 Å². The molecule has 0 aliphatic carbocycles. The molecule has 2 aromatic rings. The number of nitrogens with one attached hydrogen (secondary N) is 1. The van der Waals surface area contributed by atoms with Gasteiger partial charge in [0.25, 0.3) is 0 Å². The number of aryl methyl sites for hydroxylation is 1. The molecule has 1 saturated heterocycles. The van der Waals surface area contributed by atoms with Gasteiger partial charge in [-0.3, -0.25) is 0 Å². The Labute approximate surface area is 148 Å². The summed E-state index contributed by atoms with van der Waals surface area (Å²) in [5, 5.41) is 7.71. The van der Waals surface area contributed by atoms with E-state index < -0.39 is 0 Å². The third-order valence-corrected chi connectivity index (χ3v) is 4.65. The van der Waals surface area contributed by atoms with Crippen LogP contribution < -0.4 is 5.32 Å². The quantitative estimate of drug-likeness (QED) is 0.793. The van der Waals surface area contributed by atoms with Gasteiger partial charge in [-0.25, -0.2) is 0 Å². The maximum Gasteiger partial charge on any atom is 0.244 e. The van der Waals surface area contributed by atoms with E-state index in [1.54, 1.807) is 7.11 Å². The summed E-state index contributed by atoms with van der Waals surface area (Å²) in [6.07, 6.45) is 2.87. The summed E-state index contributed by atoms with van der Waals surface area (Å²) in [4.78, 5) is 4.48. The Morgan fingerprint density at radius 1 is 1.24 bits per heavy atom. The Hall–Kier alpha value is -1.76. The van der Waals surface area contributed by atoms with Crippen molar-refractivity contribution in [1.82, 2.24) is 15.5 Å². The molecule has 3 rings (SSSR count). The molecule has 0 radical (unpaired) electrons. The van der Waals surface area contributed by atoms with Crippen LogP contribution in [0.3, 0.4) is 0 Å². The van der Waals surface area contributed by atoms with Crippen LogP contribution in [0.15, 0.2) is 34.9 Å². The van der Waals surface area contributed by atoms with Gasteiger partial charge in [-0.15, -0.1) is 0 Å². The third-order valence-electron chi connectivity index (χ3n) is 4.65. The van der Waals surface area contributed by atoms with Crippen LogP contribution in [0.1, 0.15) is 36.2 Å². The molecule has 1 aromatic carbocycles. The normalized spacial score (nSPS) is 18.2. The minimum atomic E-state index is 0.0222. The molecule has 0 saturated carbocycles. The van der Waals surface area contributed by atoms with Crippen molar-refractivity contribution in [2.45, 2.75) is 38.3 Å². The zero-order chi connectivity index (χ0) is 17.5. The average Bonchev–Trinajstić information content (AvgIpc) is 3.07. The van der Waals surface area contributed by atoms with E-state index in [-0.39, 0.29) is 12.1 Å². The first-order valence-corrected chi connectivity index (χ1v) is 8.93. The van der Waals surface area contributed by atoms with Crippen molar-refractivity contribution in [3.63, 3.8) is 0 Å². The van der Waals surface area contributed by atoms with Crippen LogP contribution in [-0.2, 0) is 15.9 Å². The van der Waals surface area contributed by atoms with E-state index in [1.165, 1.54) is 5.56 Å². The van der Waals surface area contributed by atoms with Gasteiger partial charge in [-0.1, -0.05) is 35.5 Å². The van der Waals surface area contributed by atoms with Crippen LogP contribution in [0.5, 0.6) is 0 Å². The number of nitrogens with zero attached hydrogens (tertiary/aromatic N) is 2. The summed E-state index contributed by atoms with van der Waals surface area (Å²) >= 11 is 0. The maximum absolute atomic E-state index is 5.52. The first-order chi connectivity index (χ1) is 12.3. The van der Waals surface area contributed by atoms with Gasteiger partial charge in [-0.05, 0) is 37.7 Å². The fourth-order valence-corrected chi connectivity index (χ4v) is 3.42. The molecular weight excluding hydrogens is 318 g/mol. The van der Waals surface area contributed by atoms with E-state index in [1.807, 2.05) is 13.0 Å². The number of benzene rings is 1. The molecule has 2 heterocycles. The van der Waals surface area contributed by atoms with E-state index in [9.17, 15) is 0 Å². The highest BCUT2D eigenvalue weighted by molar-refractivity contribution is 5.16. The number of ether oxygens (including phenoxy) is 2. The summed E-state index contributed by atoms with van der Waals surface area (Å²) < 4.78 is 16.5. The van der Waals surface area contributed by atoms with Crippen LogP contribution in [0.4, 0.5) is 0 Å². The predicted molar refractivity (Wildman–Crippen MR) is 94.3 cm³/mol. The highest BCUT2D eigenvalue weighted by Crippen LogP contribution is 2.30. The molecule has 0 amide bonds. The standard InChI is InChI=1S/C19H27N3O3/c1-14-20-19(25-22-14)18(16-8-10-24-11-9-16)21-17(13-23-2)12-15-6-4-3-5-7-15/h3-7,16-18,21H,8-13H2,1-2H3/t17-,18+/m0/s1. The summed E-state index contributed by atoms with van der Waals surface area (Å²) in [7, 11) is 1.74. The van der Waals surface area contributed by atoms with Gasteiger partial charge >= 0.3 is 0 Å². The SMILES string of the molecule is COC[C@H](Cc1ccccc1)N[C@@H](c1nc(C)no1)C1CCOCC1. The predicted octanol–water partition coefficient (Wildman–Crippen LogP) is 2.69. The van der Waals surface area contributed by atoms with Crippen LogP contribution in [0.25, 0.3) is 0 Å². The van der Waals surface area contributed by atoms with Crippen LogP contribution >= 0.6 is 0 Å². The molecule has 0 spiro atoms. The molecule has 1 aromatic heterocycles. The highest BCUT2D eigenvalue weighted by Gasteiger charge is 2.31. The van der Waals surface area contributed by atoms with Crippen LogP contribution in [-0.4, -0.2) is 43.1 Å². The first kappa shape index (κ1) is 18.0. The zero-order valence-corrected chi connectivity index (χ0v) is 15.0. The number of hydrogen-bond acceptors (Lipinski definition) is 6. The van der Waals surface area contributed by atoms with Gasteiger partial charge < -0.3 is 19.3 Å². The Kier molecular flexibility index (Phi) is 6.55. The van der Waals surface area contributed by atoms with Crippen molar-refractivity contribution in [3.05, 3.63) is 47.6 Å². The van der Waals surface area contributed by atoms with Crippen molar-refractivity contribution >= 4 is 0 Å². The molecule has 25 heavy (non-hydrogen) atoms. The fraction of sp³-hybridized carbons (Fsp3) is 0.579. The van der Waals surface area contributed by atoms with Gasteiger partial charge in [0.1, 0.15) is 0 Å². The molecule has 1 fully saturated rings. The Morgan fingerprint density at radius 3 is 2.64 bits per heavy atom. The van der Waals surface area contributed by atoms with Gasteiger partial charge in [-0.2, -0.15) is 4.98 Å². The molecule has 0 bridgehead atoms. The Morgan fingerprint density at radius 2 is 2.00 bits per heavy atom. The topological polar surface area (TPSA) is 69.4 Å². The molecule has 6 heteroatoms. The van der Waals surface area contributed by atoms with E-state index in [2.05, 4.69) is 39.7 Å². The number of aromatic nitrogens is 2. The third kappa shape index (κ3) is 5.11. The van der Waals surface area contributed by atoms with E-state index in [0.29, 0.717) is 24.2 Å². The molecule has 0 unspecified atom stereocenters. The highest BCUT2D eigenvalue weighted by atomic mass is 16.5. The van der Waals surface area contributed by atoms with Crippen molar-refractivity contribution in [2.75, 3.05) is 26.9 Å². The maximum atomic E-state index is 5.52. The average molecular weight is 345 g/mol. The smallest absolute Gasteiger partial charge is 0.244 e. The second kappa shape index (κ2) is 9.08. The molecule has 1 aliphatic rings. The largest absolute Gasteiger partial charge is 0.383 e. The minimum absolute atomic E-state index is 0.0222. The summed E-state index contributed by atoms with van der Waals surface area (Å²) in [6.45, 7) is 4.04. The summed E-state index contributed by atoms with van der Waals surface area (Å²) in [5.41, 5.74) is 1.28.